The van der Waals surface area contributed by atoms with E-state index < -0.39 is 5.54 Å². The number of carbonyl (C=O) groups is 1. The summed E-state index contributed by atoms with van der Waals surface area (Å²) in [4.78, 5) is 13.0. The van der Waals surface area contributed by atoms with Gasteiger partial charge in [-0.05, 0) is 40.5 Å². The molecule has 0 aliphatic carbocycles. The predicted octanol–water partition coefficient (Wildman–Crippen LogP) is 4.55. The Bertz CT molecular complexity index is 570. The Morgan fingerprint density at radius 1 is 1.26 bits per heavy atom. The fourth-order valence-corrected chi connectivity index (χ4v) is 3.48. The van der Waals surface area contributed by atoms with Crippen molar-refractivity contribution in [1.29, 1.82) is 0 Å². The lowest BCUT2D eigenvalue weighted by Crippen LogP contribution is -2.44. The summed E-state index contributed by atoms with van der Waals surface area (Å²) >= 11 is 8.30. The fraction of sp³-hybridized carbons (Fsp3) is 0.214. The Morgan fingerprint density at radius 3 is 2.47 bits per heavy atom. The number of alkyl halides is 1. The van der Waals surface area contributed by atoms with E-state index in [4.69, 9.17) is 0 Å². The molecule has 5 heteroatoms. The molecule has 2 aromatic rings. The van der Waals surface area contributed by atoms with E-state index in [9.17, 15) is 4.79 Å². The van der Waals surface area contributed by atoms with Crippen molar-refractivity contribution in [2.24, 2.45) is 0 Å². The minimum absolute atomic E-state index is 0.0542. The molecule has 0 bridgehead atoms. The van der Waals surface area contributed by atoms with E-state index in [-0.39, 0.29) is 5.91 Å². The molecule has 0 saturated heterocycles. The zero-order valence-electron chi connectivity index (χ0n) is 10.3. The van der Waals surface area contributed by atoms with Crippen LogP contribution in [0.3, 0.4) is 0 Å². The molecule has 1 amide bonds. The van der Waals surface area contributed by atoms with Crippen molar-refractivity contribution in [1.82, 2.24) is 5.32 Å². The van der Waals surface area contributed by atoms with Crippen LogP contribution in [0, 0.1) is 0 Å². The average molecular weight is 403 g/mol. The molecule has 0 aliphatic heterocycles. The van der Waals surface area contributed by atoms with Crippen LogP contribution in [-0.2, 0) is 5.54 Å². The topological polar surface area (TPSA) is 29.1 Å². The maximum Gasteiger partial charge on any atom is 0.262 e. The molecule has 0 saturated carbocycles. The van der Waals surface area contributed by atoms with Crippen LogP contribution in [-0.4, -0.2) is 11.2 Å². The van der Waals surface area contributed by atoms with Gasteiger partial charge in [0.25, 0.3) is 5.91 Å². The van der Waals surface area contributed by atoms with Crippen molar-refractivity contribution >= 4 is 49.1 Å². The predicted molar refractivity (Wildman–Crippen MR) is 87.1 cm³/mol. The number of rotatable bonds is 4. The highest BCUT2D eigenvalue weighted by Crippen LogP contribution is 2.26. The van der Waals surface area contributed by atoms with Gasteiger partial charge in [0.1, 0.15) is 0 Å². The van der Waals surface area contributed by atoms with Gasteiger partial charge in [0.2, 0.25) is 0 Å². The zero-order valence-corrected chi connectivity index (χ0v) is 14.3. The van der Waals surface area contributed by atoms with E-state index in [2.05, 4.69) is 37.2 Å². The van der Waals surface area contributed by atoms with Gasteiger partial charge in [-0.3, -0.25) is 4.79 Å². The summed E-state index contributed by atoms with van der Waals surface area (Å²) in [5.74, 6) is -0.0542. The van der Waals surface area contributed by atoms with Crippen LogP contribution in [0.15, 0.2) is 46.3 Å². The van der Waals surface area contributed by atoms with Gasteiger partial charge in [-0.2, -0.15) is 0 Å². The molecule has 1 unspecified atom stereocenters. The SMILES string of the molecule is CC(CBr)(NC(=O)c1ccc(Br)s1)c1ccccc1. The molecule has 0 fully saturated rings. The summed E-state index contributed by atoms with van der Waals surface area (Å²) in [5, 5.41) is 3.75. The van der Waals surface area contributed by atoms with Crippen LogP contribution in [0.5, 0.6) is 0 Å². The Hall–Kier alpha value is -0.650. The standard InChI is InChI=1S/C14H13Br2NOS/c1-14(9-15,10-5-3-2-4-6-10)17-13(18)11-7-8-12(16)19-11/h2-8H,9H2,1H3,(H,17,18). The highest BCUT2D eigenvalue weighted by atomic mass is 79.9. The Kier molecular flexibility index (Phi) is 4.81. The monoisotopic (exact) mass is 401 g/mol. The van der Waals surface area contributed by atoms with Gasteiger partial charge < -0.3 is 5.32 Å². The summed E-state index contributed by atoms with van der Waals surface area (Å²) < 4.78 is 0.956. The average Bonchev–Trinajstić information content (AvgIpc) is 2.86. The van der Waals surface area contributed by atoms with Crippen molar-refractivity contribution in [2.45, 2.75) is 12.5 Å². The van der Waals surface area contributed by atoms with E-state index >= 15 is 0 Å². The van der Waals surface area contributed by atoms with Crippen LogP contribution in [0.4, 0.5) is 0 Å². The molecule has 1 aromatic heterocycles. The largest absolute Gasteiger partial charge is 0.341 e. The molecular weight excluding hydrogens is 390 g/mol. The summed E-state index contributed by atoms with van der Waals surface area (Å²) in [6.07, 6.45) is 0. The number of hydrogen-bond donors (Lipinski definition) is 1. The van der Waals surface area contributed by atoms with Crippen molar-refractivity contribution in [3.63, 3.8) is 0 Å². The van der Waals surface area contributed by atoms with E-state index in [1.807, 2.05) is 49.4 Å². The third-order valence-corrected chi connectivity index (χ3v) is 5.61. The third-order valence-electron chi connectivity index (χ3n) is 2.86. The fourth-order valence-electron chi connectivity index (χ4n) is 1.74. The van der Waals surface area contributed by atoms with Crippen molar-refractivity contribution in [3.8, 4) is 0 Å². The van der Waals surface area contributed by atoms with E-state index in [0.717, 1.165) is 9.35 Å². The number of amides is 1. The van der Waals surface area contributed by atoms with Gasteiger partial charge in [0.05, 0.1) is 14.2 Å². The molecule has 1 aromatic carbocycles. The molecule has 0 radical (unpaired) electrons. The molecule has 1 N–H and O–H groups in total. The van der Waals surface area contributed by atoms with Crippen LogP contribution >= 0.6 is 43.2 Å². The summed E-state index contributed by atoms with van der Waals surface area (Å²) in [6.45, 7) is 2.01. The lowest BCUT2D eigenvalue weighted by molar-refractivity contribution is 0.0918. The maximum absolute atomic E-state index is 12.3. The highest BCUT2D eigenvalue weighted by molar-refractivity contribution is 9.11. The molecule has 2 rings (SSSR count). The van der Waals surface area contributed by atoms with Gasteiger partial charge in [0, 0.05) is 5.33 Å². The lowest BCUT2D eigenvalue weighted by atomic mass is 9.94. The highest BCUT2D eigenvalue weighted by Gasteiger charge is 2.28. The number of nitrogens with one attached hydrogen (secondary N) is 1. The summed E-state index contributed by atoms with van der Waals surface area (Å²) in [6, 6.07) is 13.7. The van der Waals surface area contributed by atoms with Gasteiger partial charge in [-0.1, -0.05) is 46.3 Å². The number of halogens is 2. The number of carbonyl (C=O) groups excluding carboxylic acids is 1. The van der Waals surface area contributed by atoms with Crippen LogP contribution < -0.4 is 5.32 Å². The number of thiophene rings is 1. The van der Waals surface area contributed by atoms with E-state index in [1.165, 1.54) is 11.3 Å². The zero-order chi connectivity index (χ0) is 13.9. The first-order chi connectivity index (χ1) is 9.05. The van der Waals surface area contributed by atoms with E-state index in [1.54, 1.807) is 0 Å². The molecule has 19 heavy (non-hydrogen) atoms. The van der Waals surface area contributed by atoms with Crippen LogP contribution in [0.2, 0.25) is 0 Å². The molecule has 2 nitrogen and oxygen atoms in total. The number of benzene rings is 1. The summed E-state index contributed by atoms with van der Waals surface area (Å²) in [5.41, 5.74) is 0.658. The van der Waals surface area contributed by atoms with Crippen molar-refractivity contribution in [3.05, 3.63) is 56.7 Å². The van der Waals surface area contributed by atoms with Crippen LogP contribution in [0.1, 0.15) is 22.2 Å². The van der Waals surface area contributed by atoms with Crippen molar-refractivity contribution in [2.75, 3.05) is 5.33 Å². The second kappa shape index (κ2) is 6.20. The molecule has 1 atom stereocenters. The first-order valence-corrected chi connectivity index (χ1v) is 8.47. The van der Waals surface area contributed by atoms with Gasteiger partial charge in [-0.15, -0.1) is 11.3 Å². The normalized spacial score (nSPS) is 13.8. The molecule has 100 valence electrons. The van der Waals surface area contributed by atoms with Crippen LogP contribution in [0.25, 0.3) is 0 Å². The third kappa shape index (κ3) is 3.46. The molecular formula is C14H13Br2NOS. The lowest BCUT2D eigenvalue weighted by Gasteiger charge is -2.29. The maximum atomic E-state index is 12.3. The van der Waals surface area contributed by atoms with Gasteiger partial charge in [-0.25, -0.2) is 0 Å². The number of hydrogen-bond acceptors (Lipinski definition) is 2. The smallest absolute Gasteiger partial charge is 0.262 e. The van der Waals surface area contributed by atoms with Gasteiger partial charge in [0.15, 0.2) is 0 Å². The first kappa shape index (κ1) is 14.8. The molecule has 0 aliphatic rings. The Balaban J connectivity index is 2.22. The second-order valence-electron chi connectivity index (χ2n) is 4.39. The van der Waals surface area contributed by atoms with E-state index in [0.29, 0.717) is 10.2 Å². The first-order valence-electron chi connectivity index (χ1n) is 5.74. The Labute approximate surface area is 133 Å². The second-order valence-corrected chi connectivity index (χ2v) is 7.41. The van der Waals surface area contributed by atoms with Gasteiger partial charge >= 0.3 is 0 Å². The quantitative estimate of drug-likeness (QED) is 0.746. The van der Waals surface area contributed by atoms with Crippen molar-refractivity contribution < 1.29 is 4.79 Å². The molecule has 1 heterocycles. The Morgan fingerprint density at radius 2 is 1.95 bits per heavy atom. The minimum Gasteiger partial charge on any atom is -0.341 e. The molecule has 0 spiro atoms. The summed E-state index contributed by atoms with van der Waals surface area (Å²) in [7, 11) is 0. The minimum atomic E-state index is -0.422.